The minimum absolute atomic E-state index is 0.752. The average molecular weight is 313 g/mol. The van der Waals surface area contributed by atoms with Crippen molar-refractivity contribution in [3.8, 4) is 11.8 Å². The second-order valence-corrected chi connectivity index (χ2v) is 5.17. The Bertz CT molecular complexity index is 696. The first-order valence-corrected chi connectivity index (χ1v) is 8.21. The van der Waals surface area contributed by atoms with Gasteiger partial charge in [0, 0.05) is 25.1 Å². The fraction of sp³-hybridized carbons (Fsp3) is 0.312. The quantitative estimate of drug-likeness (QED) is 0.668. The van der Waals surface area contributed by atoms with Crippen molar-refractivity contribution in [2.45, 2.75) is 20.3 Å². The monoisotopic (exact) mass is 313 g/mol. The van der Waals surface area contributed by atoms with E-state index in [1.54, 1.807) is 12.5 Å². The summed E-state index contributed by atoms with van der Waals surface area (Å²) < 4.78 is 3.21. The zero-order chi connectivity index (χ0) is 15.9. The SMILES string of the molecule is CCc1ncnc(NC)c1C#Cc1cnc(C)c(NSC)c1. The lowest BCUT2D eigenvalue weighted by Crippen LogP contribution is -2.02. The molecule has 0 fully saturated rings. The molecule has 6 heteroatoms. The molecule has 2 heterocycles. The number of hydrogen-bond acceptors (Lipinski definition) is 6. The molecule has 0 saturated carbocycles. The molecule has 2 N–H and O–H groups in total. The number of nitrogens with zero attached hydrogens (tertiary/aromatic N) is 3. The zero-order valence-electron chi connectivity index (χ0n) is 13.2. The molecule has 2 aromatic heterocycles. The minimum atomic E-state index is 0.752. The molecule has 0 aliphatic carbocycles. The van der Waals surface area contributed by atoms with Crippen molar-refractivity contribution in [1.82, 2.24) is 15.0 Å². The number of rotatable bonds is 4. The van der Waals surface area contributed by atoms with Gasteiger partial charge in [0.05, 0.1) is 22.6 Å². The number of anilines is 2. The van der Waals surface area contributed by atoms with Crippen molar-refractivity contribution >= 4 is 23.5 Å². The third-order valence-corrected chi connectivity index (χ3v) is 3.55. The Morgan fingerprint density at radius 3 is 2.73 bits per heavy atom. The lowest BCUT2D eigenvalue weighted by atomic mass is 10.1. The Hall–Kier alpha value is -2.26. The highest BCUT2D eigenvalue weighted by Gasteiger charge is 2.06. The Labute approximate surface area is 135 Å². The smallest absolute Gasteiger partial charge is 0.145 e. The van der Waals surface area contributed by atoms with Gasteiger partial charge >= 0.3 is 0 Å². The summed E-state index contributed by atoms with van der Waals surface area (Å²) in [5.41, 5.74) is 4.57. The van der Waals surface area contributed by atoms with Crippen LogP contribution in [0.5, 0.6) is 0 Å². The Kier molecular flexibility index (Phi) is 5.61. The molecule has 0 aromatic carbocycles. The molecule has 0 atom stereocenters. The van der Waals surface area contributed by atoms with E-state index in [4.69, 9.17) is 0 Å². The molecule has 2 rings (SSSR count). The molecule has 5 nitrogen and oxygen atoms in total. The van der Waals surface area contributed by atoms with E-state index in [9.17, 15) is 0 Å². The van der Waals surface area contributed by atoms with Crippen LogP contribution < -0.4 is 10.0 Å². The van der Waals surface area contributed by atoms with Crippen molar-refractivity contribution in [2.24, 2.45) is 0 Å². The zero-order valence-corrected chi connectivity index (χ0v) is 14.0. The van der Waals surface area contributed by atoms with E-state index in [0.717, 1.165) is 40.4 Å². The fourth-order valence-electron chi connectivity index (χ4n) is 1.96. The van der Waals surface area contributed by atoms with Gasteiger partial charge in [0.15, 0.2) is 0 Å². The van der Waals surface area contributed by atoms with Crippen molar-refractivity contribution in [3.63, 3.8) is 0 Å². The van der Waals surface area contributed by atoms with Gasteiger partial charge in [0.25, 0.3) is 0 Å². The molecule has 0 spiro atoms. The summed E-state index contributed by atoms with van der Waals surface area (Å²) in [6, 6.07) is 2.00. The van der Waals surface area contributed by atoms with Gasteiger partial charge in [-0.3, -0.25) is 4.98 Å². The van der Waals surface area contributed by atoms with Crippen LogP contribution in [0.4, 0.5) is 11.5 Å². The van der Waals surface area contributed by atoms with Gasteiger partial charge in [-0.2, -0.15) is 0 Å². The van der Waals surface area contributed by atoms with Gasteiger partial charge in [-0.05, 0) is 19.4 Å². The summed E-state index contributed by atoms with van der Waals surface area (Å²) in [5, 5.41) is 3.06. The summed E-state index contributed by atoms with van der Waals surface area (Å²) in [5.74, 6) is 7.08. The summed E-state index contributed by atoms with van der Waals surface area (Å²) in [7, 11) is 1.83. The summed E-state index contributed by atoms with van der Waals surface area (Å²) in [6.07, 6.45) is 6.13. The molecule has 0 saturated heterocycles. The third kappa shape index (κ3) is 3.68. The standard InChI is InChI=1S/C16H19N5S/c1-5-14-13(16(17-3)20-10-19-14)7-6-12-8-15(21-22-4)11(2)18-9-12/h8-10,21H,5H2,1-4H3,(H,17,19,20). The molecular formula is C16H19N5S. The van der Waals surface area contributed by atoms with E-state index in [0.29, 0.717) is 0 Å². The number of nitrogens with one attached hydrogen (secondary N) is 2. The molecule has 0 aliphatic heterocycles. The van der Waals surface area contributed by atoms with Crippen LogP contribution in [-0.2, 0) is 6.42 Å². The number of aryl methyl sites for hydroxylation is 2. The molecule has 0 amide bonds. The molecule has 2 aromatic rings. The van der Waals surface area contributed by atoms with E-state index in [-0.39, 0.29) is 0 Å². The summed E-state index contributed by atoms with van der Waals surface area (Å²) >= 11 is 1.54. The molecule has 22 heavy (non-hydrogen) atoms. The number of pyridine rings is 1. The normalized spacial score (nSPS) is 9.82. The first kappa shape index (κ1) is 16.1. The van der Waals surface area contributed by atoms with Crippen LogP contribution in [0.2, 0.25) is 0 Å². The van der Waals surface area contributed by atoms with Crippen LogP contribution in [0, 0.1) is 18.8 Å². The maximum atomic E-state index is 4.37. The van der Waals surface area contributed by atoms with Gasteiger partial charge in [-0.25, -0.2) is 9.97 Å². The Morgan fingerprint density at radius 1 is 1.23 bits per heavy atom. The Balaban J connectivity index is 2.40. The first-order chi connectivity index (χ1) is 10.7. The fourth-order valence-corrected chi connectivity index (χ4v) is 2.39. The van der Waals surface area contributed by atoms with Crippen LogP contribution in [-0.4, -0.2) is 28.3 Å². The molecule has 114 valence electrons. The van der Waals surface area contributed by atoms with E-state index in [1.807, 2.05) is 26.3 Å². The number of hydrogen-bond donors (Lipinski definition) is 2. The summed E-state index contributed by atoms with van der Waals surface area (Å²) in [6.45, 7) is 4.02. The van der Waals surface area contributed by atoms with Gasteiger partial charge in [-0.1, -0.05) is 30.7 Å². The van der Waals surface area contributed by atoms with Gasteiger partial charge < -0.3 is 10.0 Å². The van der Waals surface area contributed by atoms with E-state index in [2.05, 4.69) is 43.8 Å². The van der Waals surface area contributed by atoms with Gasteiger partial charge in [-0.15, -0.1) is 0 Å². The highest BCUT2D eigenvalue weighted by molar-refractivity contribution is 7.99. The van der Waals surface area contributed by atoms with Crippen LogP contribution in [0.3, 0.4) is 0 Å². The van der Waals surface area contributed by atoms with Gasteiger partial charge in [0.2, 0.25) is 0 Å². The van der Waals surface area contributed by atoms with Crippen molar-refractivity contribution in [3.05, 3.63) is 41.1 Å². The van der Waals surface area contributed by atoms with Crippen molar-refractivity contribution in [1.29, 1.82) is 0 Å². The maximum Gasteiger partial charge on any atom is 0.145 e. The van der Waals surface area contributed by atoms with Crippen molar-refractivity contribution in [2.75, 3.05) is 23.3 Å². The van der Waals surface area contributed by atoms with E-state index >= 15 is 0 Å². The second kappa shape index (κ2) is 7.66. The maximum absolute atomic E-state index is 4.37. The topological polar surface area (TPSA) is 62.7 Å². The van der Waals surface area contributed by atoms with E-state index < -0.39 is 0 Å². The molecule has 0 bridgehead atoms. The van der Waals surface area contributed by atoms with Gasteiger partial charge in [0.1, 0.15) is 12.1 Å². The Morgan fingerprint density at radius 2 is 2.05 bits per heavy atom. The largest absolute Gasteiger partial charge is 0.372 e. The third-order valence-electron chi connectivity index (χ3n) is 3.13. The first-order valence-electron chi connectivity index (χ1n) is 6.98. The lowest BCUT2D eigenvalue weighted by Gasteiger charge is -2.06. The predicted octanol–water partition coefficient (Wildman–Crippen LogP) is 2.87. The molecular weight excluding hydrogens is 294 g/mol. The predicted molar refractivity (Wildman–Crippen MR) is 93.0 cm³/mol. The second-order valence-electron chi connectivity index (χ2n) is 4.56. The lowest BCUT2D eigenvalue weighted by molar-refractivity contribution is 0.989. The highest BCUT2D eigenvalue weighted by atomic mass is 32.2. The highest BCUT2D eigenvalue weighted by Crippen LogP contribution is 2.17. The van der Waals surface area contributed by atoms with E-state index in [1.165, 1.54) is 11.9 Å². The van der Waals surface area contributed by atoms with Crippen LogP contribution in [0.1, 0.15) is 29.4 Å². The average Bonchev–Trinajstić information content (AvgIpc) is 2.55. The summed E-state index contributed by atoms with van der Waals surface area (Å²) in [4.78, 5) is 12.9. The van der Waals surface area contributed by atoms with Crippen molar-refractivity contribution < 1.29 is 0 Å². The minimum Gasteiger partial charge on any atom is -0.372 e. The van der Waals surface area contributed by atoms with Crippen LogP contribution in [0.25, 0.3) is 0 Å². The molecule has 0 aliphatic rings. The number of aromatic nitrogens is 3. The van der Waals surface area contributed by atoms with Crippen LogP contribution >= 0.6 is 11.9 Å². The van der Waals surface area contributed by atoms with Crippen LogP contribution in [0.15, 0.2) is 18.6 Å². The molecule has 0 radical (unpaired) electrons. The molecule has 0 unspecified atom stereocenters.